The van der Waals surface area contributed by atoms with Crippen LogP contribution in [0.2, 0.25) is 0 Å². The van der Waals surface area contributed by atoms with Crippen LogP contribution in [-0.2, 0) is 38.6 Å². The summed E-state index contributed by atoms with van der Waals surface area (Å²) in [6.07, 6.45) is 6.06. The van der Waals surface area contributed by atoms with Crippen LogP contribution in [0.1, 0.15) is 99.1 Å². The molecule has 0 bridgehead atoms. The van der Waals surface area contributed by atoms with Gasteiger partial charge in [-0.05, 0) is 72.9 Å². The second-order valence-electron chi connectivity index (χ2n) is 8.57. The van der Waals surface area contributed by atoms with Gasteiger partial charge < -0.3 is 24.7 Å². The van der Waals surface area contributed by atoms with Crippen molar-refractivity contribution in [1.29, 1.82) is 0 Å². The van der Waals surface area contributed by atoms with Gasteiger partial charge in [-0.15, -0.1) is 0 Å². The molecule has 3 aromatic heterocycles. The van der Waals surface area contributed by atoms with Crippen molar-refractivity contribution in [1.82, 2.24) is 14.5 Å². The third-order valence-corrected chi connectivity index (χ3v) is 6.87. The smallest absolute Gasteiger partial charge is 0.352 e. The van der Waals surface area contributed by atoms with Gasteiger partial charge in [-0.3, -0.25) is 0 Å². The minimum atomic E-state index is -0.944. The molecular formula is C26H35N3O4. The zero-order chi connectivity index (χ0) is 24.4. The summed E-state index contributed by atoms with van der Waals surface area (Å²) >= 11 is 0. The number of aromatic nitrogens is 3. The summed E-state index contributed by atoms with van der Waals surface area (Å²) in [4.78, 5) is 29.7. The molecule has 0 saturated heterocycles. The number of carboxylic acids is 2. The molecule has 0 unspecified atom stereocenters. The minimum absolute atomic E-state index is 0.251. The van der Waals surface area contributed by atoms with Crippen molar-refractivity contribution in [3.05, 3.63) is 68.0 Å². The van der Waals surface area contributed by atoms with Gasteiger partial charge in [0.05, 0.1) is 6.54 Å². The highest BCUT2D eigenvalue weighted by molar-refractivity contribution is 5.88. The SMILES string of the molecule is CCc1cn(Cc2[nH]c(C(=O)O)c(C)c2CC)c(Cc2[nH]c(C(=O)O)c(C)c2CC)c1CC. The molecule has 3 aromatic rings. The summed E-state index contributed by atoms with van der Waals surface area (Å²) in [5, 5.41) is 19.2. The molecule has 0 aromatic carbocycles. The average Bonchev–Trinajstić information content (AvgIpc) is 3.39. The molecule has 4 N–H and O–H groups in total. The fraction of sp³-hybridized carbons (Fsp3) is 0.462. The Bertz CT molecular complexity index is 1190. The normalized spacial score (nSPS) is 11.3. The lowest BCUT2D eigenvalue weighted by atomic mass is 10.00. The molecule has 0 aliphatic carbocycles. The number of aromatic carboxylic acids is 2. The first-order chi connectivity index (χ1) is 15.7. The van der Waals surface area contributed by atoms with Crippen molar-refractivity contribution in [2.45, 2.75) is 80.2 Å². The summed E-state index contributed by atoms with van der Waals surface area (Å²) in [5.74, 6) is -1.88. The maximum atomic E-state index is 11.7. The number of hydrogen-bond donors (Lipinski definition) is 4. The molecular weight excluding hydrogens is 418 g/mol. The zero-order valence-corrected chi connectivity index (χ0v) is 20.5. The number of hydrogen-bond acceptors (Lipinski definition) is 2. The van der Waals surface area contributed by atoms with E-state index in [1.165, 1.54) is 11.1 Å². The maximum Gasteiger partial charge on any atom is 0.352 e. The second-order valence-corrected chi connectivity index (χ2v) is 8.57. The predicted octanol–water partition coefficient (Wildman–Crippen LogP) is 5.05. The van der Waals surface area contributed by atoms with Crippen molar-refractivity contribution in [3.63, 3.8) is 0 Å². The molecule has 0 aliphatic rings. The van der Waals surface area contributed by atoms with Crippen LogP contribution in [0.15, 0.2) is 6.20 Å². The van der Waals surface area contributed by atoms with E-state index >= 15 is 0 Å². The first-order valence-corrected chi connectivity index (χ1v) is 11.7. The number of aromatic amines is 2. The van der Waals surface area contributed by atoms with Gasteiger partial charge in [-0.1, -0.05) is 27.7 Å². The van der Waals surface area contributed by atoms with Crippen molar-refractivity contribution in [3.8, 4) is 0 Å². The largest absolute Gasteiger partial charge is 0.477 e. The van der Waals surface area contributed by atoms with E-state index in [0.717, 1.165) is 65.0 Å². The molecule has 0 fully saturated rings. The summed E-state index contributed by atoms with van der Waals surface area (Å²) in [6.45, 7) is 12.6. The number of carboxylic acid groups (broad SMARTS) is 2. The van der Waals surface area contributed by atoms with Crippen molar-refractivity contribution in [2.24, 2.45) is 0 Å². The van der Waals surface area contributed by atoms with Gasteiger partial charge in [-0.2, -0.15) is 0 Å². The summed E-state index contributed by atoms with van der Waals surface area (Å²) < 4.78 is 2.21. The van der Waals surface area contributed by atoms with Gasteiger partial charge in [0.1, 0.15) is 11.4 Å². The quantitative estimate of drug-likeness (QED) is 0.344. The lowest BCUT2D eigenvalue weighted by Gasteiger charge is -2.13. The highest BCUT2D eigenvalue weighted by atomic mass is 16.4. The number of nitrogens with one attached hydrogen (secondary N) is 2. The fourth-order valence-corrected chi connectivity index (χ4v) is 5.19. The van der Waals surface area contributed by atoms with Gasteiger partial charge in [0, 0.05) is 29.7 Å². The third kappa shape index (κ3) is 4.36. The Morgan fingerprint density at radius 2 is 1.27 bits per heavy atom. The van der Waals surface area contributed by atoms with Crippen molar-refractivity contribution >= 4 is 11.9 Å². The number of carbonyl (C=O) groups is 2. The van der Waals surface area contributed by atoms with E-state index in [-0.39, 0.29) is 11.4 Å². The standard InChI is InChI=1S/C26H35N3O4/c1-7-16-12-29(13-21-18(9-3)15(6)24(28-21)26(32)33)22(19(16)10-4)11-20-17(8-2)14(5)23(27-20)25(30)31/h12,27-28H,7-11,13H2,1-6H3,(H,30,31)(H,32,33). The number of aryl methyl sites for hydroxylation is 1. The molecule has 178 valence electrons. The van der Waals surface area contributed by atoms with E-state index < -0.39 is 11.9 Å². The van der Waals surface area contributed by atoms with Crippen LogP contribution in [0.25, 0.3) is 0 Å². The van der Waals surface area contributed by atoms with Gasteiger partial charge in [0.25, 0.3) is 0 Å². The van der Waals surface area contributed by atoms with Crippen LogP contribution in [0.5, 0.6) is 0 Å². The van der Waals surface area contributed by atoms with Gasteiger partial charge >= 0.3 is 11.9 Å². The van der Waals surface area contributed by atoms with E-state index in [4.69, 9.17) is 0 Å². The Labute approximate surface area is 194 Å². The van der Waals surface area contributed by atoms with Crippen LogP contribution < -0.4 is 0 Å². The summed E-state index contributed by atoms with van der Waals surface area (Å²) in [6, 6.07) is 0. The van der Waals surface area contributed by atoms with Crippen LogP contribution in [0.4, 0.5) is 0 Å². The molecule has 3 rings (SSSR count). The van der Waals surface area contributed by atoms with E-state index in [1.54, 1.807) is 0 Å². The number of rotatable bonds is 10. The maximum absolute atomic E-state index is 11.7. The minimum Gasteiger partial charge on any atom is -0.477 e. The van der Waals surface area contributed by atoms with E-state index in [0.29, 0.717) is 13.0 Å². The molecule has 0 radical (unpaired) electrons. The fourth-order valence-electron chi connectivity index (χ4n) is 5.19. The average molecular weight is 454 g/mol. The third-order valence-electron chi connectivity index (χ3n) is 6.87. The van der Waals surface area contributed by atoms with Gasteiger partial charge in [0.2, 0.25) is 0 Å². The van der Waals surface area contributed by atoms with Crippen LogP contribution >= 0.6 is 0 Å². The number of H-pyrrole nitrogens is 2. The monoisotopic (exact) mass is 453 g/mol. The molecule has 0 amide bonds. The Balaban J connectivity index is 2.13. The lowest BCUT2D eigenvalue weighted by Crippen LogP contribution is -2.09. The second kappa shape index (κ2) is 9.73. The van der Waals surface area contributed by atoms with Gasteiger partial charge in [-0.25, -0.2) is 9.59 Å². The van der Waals surface area contributed by atoms with E-state index in [1.807, 2.05) is 27.7 Å². The molecule has 0 saturated carbocycles. The first-order valence-electron chi connectivity index (χ1n) is 11.7. The molecule has 0 spiro atoms. The highest BCUT2D eigenvalue weighted by Crippen LogP contribution is 2.28. The molecule has 3 heterocycles. The highest BCUT2D eigenvalue weighted by Gasteiger charge is 2.23. The van der Waals surface area contributed by atoms with Crippen LogP contribution in [0, 0.1) is 13.8 Å². The molecule has 0 aliphatic heterocycles. The van der Waals surface area contributed by atoms with Crippen molar-refractivity contribution < 1.29 is 19.8 Å². The van der Waals surface area contributed by atoms with Crippen molar-refractivity contribution in [2.75, 3.05) is 0 Å². The van der Waals surface area contributed by atoms with Crippen LogP contribution in [0.3, 0.4) is 0 Å². The molecule has 7 heteroatoms. The Hall–Kier alpha value is -3.22. The Kier molecular flexibility index (Phi) is 7.20. The Morgan fingerprint density at radius 1 is 0.788 bits per heavy atom. The summed E-state index contributed by atoms with van der Waals surface area (Å²) in [7, 11) is 0. The van der Waals surface area contributed by atoms with Gasteiger partial charge in [0.15, 0.2) is 0 Å². The zero-order valence-electron chi connectivity index (χ0n) is 20.5. The molecule has 7 nitrogen and oxygen atoms in total. The number of nitrogens with zero attached hydrogens (tertiary/aromatic N) is 1. The van der Waals surface area contributed by atoms with Crippen LogP contribution in [-0.4, -0.2) is 36.7 Å². The first kappa shape index (κ1) is 24.4. The lowest BCUT2D eigenvalue weighted by molar-refractivity contribution is 0.0679. The topological polar surface area (TPSA) is 111 Å². The Morgan fingerprint density at radius 3 is 1.73 bits per heavy atom. The predicted molar refractivity (Wildman–Crippen MR) is 129 cm³/mol. The van der Waals surface area contributed by atoms with E-state index in [2.05, 4.69) is 34.6 Å². The molecule has 33 heavy (non-hydrogen) atoms. The summed E-state index contributed by atoms with van der Waals surface area (Å²) in [5.41, 5.74) is 9.75. The van der Waals surface area contributed by atoms with E-state index in [9.17, 15) is 19.8 Å². The molecule has 0 atom stereocenters.